The fourth-order valence-electron chi connectivity index (χ4n) is 1.50. The van der Waals surface area contributed by atoms with Gasteiger partial charge in [-0.2, -0.15) is 0 Å². The van der Waals surface area contributed by atoms with Crippen molar-refractivity contribution in [2.45, 2.75) is 59.6 Å². The van der Waals surface area contributed by atoms with E-state index >= 15 is 0 Å². The van der Waals surface area contributed by atoms with E-state index in [1.807, 2.05) is 0 Å². The molecule has 0 amide bonds. The van der Waals surface area contributed by atoms with Gasteiger partial charge in [-0.25, -0.2) is 8.42 Å². The van der Waals surface area contributed by atoms with Gasteiger partial charge in [0.2, 0.25) is 0 Å². The van der Waals surface area contributed by atoms with Gasteiger partial charge in [-0.3, -0.25) is 0 Å². The second-order valence-corrected chi connectivity index (χ2v) is 9.15. The molecule has 0 aromatic rings. The average Bonchev–Trinajstić information content (AvgIpc) is 1.95. The summed E-state index contributed by atoms with van der Waals surface area (Å²) in [5, 5.41) is 0. The molecule has 0 bridgehead atoms. The van der Waals surface area contributed by atoms with Crippen LogP contribution in [0.3, 0.4) is 0 Å². The van der Waals surface area contributed by atoms with Crippen LogP contribution >= 0.6 is 0 Å². The Balaban J connectivity index is 4.88. The van der Waals surface area contributed by atoms with Gasteiger partial charge in [0, 0.05) is 0 Å². The van der Waals surface area contributed by atoms with Crippen LogP contribution in [-0.4, -0.2) is 18.9 Å². The van der Waals surface area contributed by atoms with Crippen molar-refractivity contribution in [1.29, 1.82) is 0 Å². The van der Waals surface area contributed by atoms with Crippen molar-refractivity contribution in [1.82, 2.24) is 0 Å². The Kier molecular flexibility index (Phi) is 4.43. The molecular weight excluding hydrogens is 208 g/mol. The van der Waals surface area contributed by atoms with Gasteiger partial charge in [0.05, 0.1) is 10.5 Å². The Morgan fingerprint density at radius 2 is 1.40 bits per heavy atom. The minimum Gasteiger partial charge on any atom is -0.228 e. The van der Waals surface area contributed by atoms with Crippen LogP contribution in [0.25, 0.3) is 0 Å². The third kappa shape index (κ3) is 4.13. The third-order valence-corrected chi connectivity index (χ3v) is 5.78. The van der Waals surface area contributed by atoms with E-state index in [2.05, 4.69) is 27.7 Å². The van der Waals surface area contributed by atoms with Crippen molar-refractivity contribution in [3.05, 3.63) is 0 Å². The number of hydrogen-bond acceptors (Lipinski definition) is 2. The summed E-state index contributed by atoms with van der Waals surface area (Å²) in [6, 6.07) is 0. The zero-order chi connectivity index (χ0) is 12.5. The zero-order valence-corrected chi connectivity index (χ0v) is 12.0. The van der Waals surface area contributed by atoms with Crippen molar-refractivity contribution in [3.63, 3.8) is 0 Å². The first-order chi connectivity index (χ1) is 6.42. The van der Waals surface area contributed by atoms with Gasteiger partial charge in [0.25, 0.3) is 0 Å². The van der Waals surface area contributed by atoms with Gasteiger partial charge < -0.3 is 0 Å². The average molecular weight is 234 g/mol. The Morgan fingerprint density at radius 1 is 1.00 bits per heavy atom. The van der Waals surface area contributed by atoms with Crippen molar-refractivity contribution in [3.8, 4) is 0 Å². The Hall–Kier alpha value is -0.0500. The third-order valence-electron chi connectivity index (χ3n) is 3.07. The summed E-state index contributed by atoms with van der Waals surface area (Å²) in [5.74, 6) is 0.540. The Bertz CT molecular complexity index is 289. The Morgan fingerprint density at radius 3 is 1.60 bits per heavy atom. The molecule has 1 atom stereocenters. The summed E-state index contributed by atoms with van der Waals surface area (Å²) in [5.41, 5.74) is 0.0626. The van der Waals surface area contributed by atoms with Crippen LogP contribution in [0.2, 0.25) is 0 Å². The molecule has 92 valence electrons. The standard InChI is InChI=1S/C12H26O2S/c1-8-10(11(2,3)4)9-15(13,14)12(5,6)7/h10H,8-9H2,1-7H3/t10-/m0/s1. The van der Waals surface area contributed by atoms with Crippen LogP contribution in [0.1, 0.15) is 54.9 Å². The quantitative estimate of drug-likeness (QED) is 0.751. The van der Waals surface area contributed by atoms with Gasteiger partial charge in [0.1, 0.15) is 0 Å². The molecule has 0 spiro atoms. The highest BCUT2D eigenvalue weighted by molar-refractivity contribution is 7.92. The molecule has 0 fully saturated rings. The van der Waals surface area contributed by atoms with Gasteiger partial charge >= 0.3 is 0 Å². The van der Waals surface area contributed by atoms with Crippen LogP contribution in [0.5, 0.6) is 0 Å². The maximum absolute atomic E-state index is 12.1. The summed E-state index contributed by atoms with van der Waals surface area (Å²) in [6.07, 6.45) is 0.915. The second kappa shape index (κ2) is 4.44. The lowest BCUT2D eigenvalue weighted by atomic mass is 9.80. The molecule has 2 nitrogen and oxygen atoms in total. The SMILES string of the molecule is CC[C@@H](CS(=O)(=O)C(C)(C)C)C(C)(C)C. The molecule has 0 rings (SSSR count). The maximum atomic E-state index is 12.1. The molecule has 0 saturated carbocycles. The highest BCUT2D eigenvalue weighted by Crippen LogP contribution is 2.32. The topological polar surface area (TPSA) is 34.1 Å². The maximum Gasteiger partial charge on any atom is 0.155 e. The largest absolute Gasteiger partial charge is 0.228 e. The summed E-state index contributed by atoms with van der Waals surface area (Å²) >= 11 is 0. The van der Waals surface area contributed by atoms with Gasteiger partial charge in [-0.05, 0) is 32.1 Å². The van der Waals surface area contributed by atoms with Gasteiger partial charge in [0.15, 0.2) is 9.84 Å². The zero-order valence-electron chi connectivity index (χ0n) is 11.2. The lowest BCUT2D eigenvalue weighted by Gasteiger charge is -2.32. The first-order valence-electron chi connectivity index (χ1n) is 5.64. The van der Waals surface area contributed by atoms with E-state index in [0.29, 0.717) is 5.75 Å². The minimum atomic E-state index is -2.99. The van der Waals surface area contributed by atoms with Gasteiger partial charge in [-0.1, -0.05) is 34.1 Å². The molecule has 0 aliphatic carbocycles. The molecule has 0 heterocycles. The van der Waals surface area contributed by atoms with E-state index in [4.69, 9.17) is 0 Å². The Labute approximate surface area is 95.4 Å². The predicted molar refractivity (Wildman–Crippen MR) is 66.8 cm³/mol. The highest BCUT2D eigenvalue weighted by atomic mass is 32.2. The van der Waals surface area contributed by atoms with Crippen LogP contribution in [0.4, 0.5) is 0 Å². The molecular formula is C12H26O2S. The van der Waals surface area contributed by atoms with E-state index in [0.717, 1.165) is 6.42 Å². The fraction of sp³-hybridized carbons (Fsp3) is 1.00. The van der Waals surface area contributed by atoms with E-state index < -0.39 is 14.6 Å². The van der Waals surface area contributed by atoms with Gasteiger partial charge in [-0.15, -0.1) is 0 Å². The number of rotatable bonds is 3. The normalized spacial score (nSPS) is 16.5. The molecule has 0 N–H and O–H groups in total. The van der Waals surface area contributed by atoms with E-state index in [-0.39, 0.29) is 11.3 Å². The van der Waals surface area contributed by atoms with Crippen LogP contribution in [0.15, 0.2) is 0 Å². The molecule has 15 heavy (non-hydrogen) atoms. The first-order valence-corrected chi connectivity index (χ1v) is 7.29. The van der Waals surface area contributed by atoms with Crippen molar-refractivity contribution >= 4 is 9.84 Å². The molecule has 0 aliphatic rings. The van der Waals surface area contributed by atoms with E-state index in [1.54, 1.807) is 20.8 Å². The van der Waals surface area contributed by atoms with Crippen LogP contribution in [0, 0.1) is 11.3 Å². The molecule has 0 radical (unpaired) electrons. The van der Waals surface area contributed by atoms with Crippen LogP contribution in [-0.2, 0) is 9.84 Å². The molecule has 0 aromatic heterocycles. The second-order valence-electron chi connectivity index (χ2n) is 6.36. The lowest BCUT2D eigenvalue weighted by Crippen LogP contribution is -2.36. The summed E-state index contributed by atoms with van der Waals surface area (Å²) in [6.45, 7) is 13.7. The smallest absolute Gasteiger partial charge is 0.155 e. The number of hydrogen-bond donors (Lipinski definition) is 0. The summed E-state index contributed by atoms with van der Waals surface area (Å²) in [7, 11) is -2.99. The number of sulfone groups is 1. The monoisotopic (exact) mass is 234 g/mol. The lowest BCUT2D eigenvalue weighted by molar-refractivity contribution is 0.255. The fourth-order valence-corrected chi connectivity index (χ4v) is 3.26. The molecule has 0 saturated heterocycles. The molecule has 3 heteroatoms. The van der Waals surface area contributed by atoms with Crippen molar-refractivity contribution in [2.75, 3.05) is 5.75 Å². The highest BCUT2D eigenvalue weighted by Gasteiger charge is 2.35. The van der Waals surface area contributed by atoms with Crippen molar-refractivity contribution < 1.29 is 8.42 Å². The molecule has 0 aromatic carbocycles. The van der Waals surface area contributed by atoms with Crippen LogP contribution < -0.4 is 0 Å². The van der Waals surface area contributed by atoms with E-state index in [9.17, 15) is 8.42 Å². The first kappa shape index (κ1) is 14.9. The molecule has 0 aliphatic heterocycles. The van der Waals surface area contributed by atoms with E-state index in [1.165, 1.54) is 0 Å². The predicted octanol–water partition coefficient (Wildman–Crippen LogP) is 3.27. The van der Waals surface area contributed by atoms with Crippen molar-refractivity contribution in [2.24, 2.45) is 11.3 Å². The summed E-state index contributed by atoms with van der Waals surface area (Å²) in [4.78, 5) is 0. The minimum absolute atomic E-state index is 0.0626. The summed E-state index contributed by atoms with van der Waals surface area (Å²) < 4.78 is 23.5. The molecule has 0 unspecified atom stereocenters.